The van der Waals surface area contributed by atoms with E-state index in [4.69, 9.17) is 15.9 Å². The Labute approximate surface area is 156 Å². The van der Waals surface area contributed by atoms with Crippen molar-refractivity contribution in [2.45, 2.75) is 13.0 Å². The van der Waals surface area contributed by atoms with E-state index in [1.54, 1.807) is 30.5 Å². The van der Waals surface area contributed by atoms with Gasteiger partial charge in [-0.3, -0.25) is 15.0 Å². The van der Waals surface area contributed by atoms with E-state index in [1.165, 1.54) is 7.11 Å². The van der Waals surface area contributed by atoms with Crippen molar-refractivity contribution >= 4 is 34.3 Å². The number of fused-ring (bicyclic) bond motifs is 1. The van der Waals surface area contributed by atoms with E-state index in [-0.39, 0.29) is 30.7 Å². The van der Waals surface area contributed by atoms with Crippen molar-refractivity contribution < 1.29 is 14.3 Å². The van der Waals surface area contributed by atoms with Crippen LogP contribution in [0.25, 0.3) is 10.9 Å². The number of esters is 1. The number of nitrogens with one attached hydrogen (secondary N) is 2. The molecule has 7 nitrogen and oxygen atoms in total. The maximum absolute atomic E-state index is 12.4. The third-order valence-electron chi connectivity index (χ3n) is 4.23. The van der Waals surface area contributed by atoms with Gasteiger partial charge in [-0.05, 0) is 35.9 Å². The number of rotatable bonds is 6. The van der Waals surface area contributed by atoms with Crippen molar-refractivity contribution in [3.05, 3.63) is 65.9 Å². The molecule has 0 atom stereocenters. The molecule has 1 amide bonds. The van der Waals surface area contributed by atoms with E-state index < -0.39 is 0 Å². The number of nitrogens with two attached hydrogens (primary N) is 1. The van der Waals surface area contributed by atoms with E-state index >= 15 is 0 Å². The van der Waals surface area contributed by atoms with Crippen molar-refractivity contribution in [3.63, 3.8) is 0 Å². The Morgan fingerprint density at radius 2 is 1.85 bits per heavy atom. The molecule has 0 saturated carbocycles. The minimum Gasteiger partial charge on any atom is -0.469 e. The lowest BCUT2D eigenvalue weighted by atomic mass is 10.1. The number of hydrogen-bond acceptors (Lipinski definition) is 4. The predicted octanol–water partition coefficient (Wildman–Crippen LogP) is 2.28. The van der Waals surface area contributed by atoms with Crippen LogP contribution in [0, 0.1) is 5.41 Å². The zero-order chi connectivity index (χ0) is 19.4. The van der Waals surface area contributed by atoms with Gasteiger partial charge in [-0.15, -0.1) is 0 Å². The highest BCUT2D eigenvalue weighted by Gasteiger charge is 2.14. The van der Waals surface area contributed by atoms with Gasteiger partial charge in [0.2, 0.25) is 5.91 Å². The smallest absolute Gasteiger partial charge is 0.310 e. The maximum atomic E-state index is 12.4. The number of carbonyl (C=O) groups excluding carboxylic acids is 2. The highest BCUT2D eigenvalue weighted by molar-refractivity contribution is 5.96. The van der Waals surface area contributed by atoms with Crippen LogP contribution >= 0.6 is 0 Å². The Hall–Kier alpha value is -3.61. The number of amides is 1. The highest BCUT2D eigenvalue weighted by Crippen LogP contribution is 2.22. The molecular formula is C20H20N4O3. The zero-order valence-corrected chi connectivity index (χ0v) is 14.9. The molecular weight excluding hydrogens is 344 g/mol. The van der Waals surface area contributed by atoms with Crippen LogP contribution in [0.15, 0.2) is 54.7 Å². The van der Waals surface area contributed by atoms with Gasteiger partial charge in [-0.25, -0.2) is 0 Å². The fourth-order valence-electron chi connectivity index (χ4n) is 2.91. The second-order valence-electron chi connectivity index (χ2n) is 6.09. The van der Waals surface area contributed by atoms with Crippen LogP contribution in [0.4, 0.5) is 5.69 Å². The minimum absolute atomic E-state index is 0.0233. The zero-order valence-electron chi connectivity index (χ0n) is 14.9. The van der Waals surface area contributed by atoms with Crippen LogP contribution in [-0.2, 0) is 27.3 Å². The summed E-state index contributed by atoms with van der Waals surface area (Å²) in [6.45, 7) is 0.107. The van der Waals surface area contributed by atoms with E-state index in [0.29, 0.717) is 11.3 Å². The summed E-state index contributed by atoms with van der Waals surface area (Å²) in [4.78, 5) is 24.1. The number of hydrogen-bond donors (Lipinski definition) is 3. The van der Waals surface area contributed by atoms with Gasteiger partial charge in [-0.1, -0.05) is 18.2 Å². The monoisotopic (exact) mass is 364 g/mol. The van der Waals surface area contributed by atoms with E-state index in [1.807, 2.05) is 28.8 Å². The number of nitrogen functional groups attached to an aromatic ring is 1. The summed E-state index contributed by atoms with van der Waals surface area (Å²) in [5.74, 6) is -0.548. The first-order chi connectivity index (χ1) is 13.0. The number of nitrogens with zero attached hydrogens (tertiary/aromatic N) is 1. The first kappa shape index (κ1) is 18.2. The summed E-state index contributed by atoms with van der Waals surface area (Å²) >= 11 is 0. The van der Waals surface area contributed by atoms with Gasteiger partial charge in [0.05, 0.1) is 13.5 Å². The summed E-state index contributed by atoms with van der Waals surface area (Å²) in [6, 6.07) is 14.4. The van der Waals surface area contributed by atoms with Crippen LogP contribution in [-0.4, -0.2) is 29.4 Å². The number of para-hydroxylation sites is 1. The van der Waals surface area contributed by atoms with Crippen LogP contribution in [0.3, 0.4) is 0 Å². The van der Waals surface area contributed by atoms with Gasteiger partial charge in [0, 0.05) is 28.4 Å². The van der Waals surface area contributed by atoms with Crippen molar-refractivity contribution in [2.24, 2.45) is 5.73 Å². The molecule has 27 heavy (non-hydrogen) atoms. The maximum Gasteiger partial charge on any atom is 0.310 e. The number of aromatic nitrogens is 1. The van der Waals surface area contributed by atoms with Crippen LogP contribution in [0.1, 0.15) is 11.1 Å². The Kier molecular flexibility index (Phi) is 5.21. The second-order valence-corrected chi connectivity index (χ2v) is 6.09. The molecule has 138 valence electrons. The van der Waals surface area contributed by atoms with Crippen LogP contribution < -0.4 is 11.1 Å². The lowest BCUT2D eigenvalue weighted by Gasteiger charge is -2.08. The molecule has 0 saturated heterocycles. The van der Waals surface area contributed by atoms with Crippen molar-refractivity contribution in [2.75, 3.05) is 12.4 Å². The molecule has 7 heteroatoms. The minimum atomic E-state index is -0.326. The molecule has 1 aromatic heterocycles. The molecule has 0 aliphatic heterocycles. The number of ether oxygens (including phenoxy) is 1. The normalized spacial score (nSPS) is 10.6. The number of amidine groups is 1. The lowest BCUT2D eigenvalue weighted by Crippen LogP contribution is -2.18. The quantitative estimate of drug-likeness (QED) is 0.354. The number of carbonyl (C=O) groups is 2. The van der Waals surface area contributed by atoms with Crippen LogP contribution in [0.5, 0.6) is 0 Å². The number of methoxy groups -OCH3 is 1. The molecule has 4 N–H and O–H groups in total. The molecule has 0 aliphatic rings. The third kappa shape index (κ3) is 4.14. The topological polar surface area (TPSA) is 110 Å². The fourth-order valence-corrected chi connectivity index (χ4v) is 2.91. The summed E-state index contributed by atoms with van der Waals surface area (Å²) < 4.78 is 6.56. The van der Waals surface area contributed by atoms with Crippen LogP contribution in [0.2, 0.25) is 0 Å². The Balaban J connectivity index is 1.78. The lowest BCUT2D eigenvalue weighted by molar-refractivity contribution is -0.139. The summed E-state index contributed by atoms with van der Waals surface area (Å²) in [6.07, 6.45) is 1.96. The molecule has 0 fully saturated rings. The second kappa shape index (κ2) is 7.74. The Morgan fingerprint density at radius 3 is 2.52 bits per heavy atom. The largest absolute Gasteiger partial charge is 0.469 e. The average molecular weight is 364 g/mol. The van der Waals surface area contributed by atoms with Gasteiger partial charge >= 0.3 is 5.97 Å². The number of benzene rings is 2. The van der Waals surface area contributed by atoms with E-state index in [9.17, 15) is 9.59 Å². The molecule has 0 aliphatic carbocycles. The molecule has 0 spiro atoms. The average Bonchev–Trinajstić information content (AvgIpc) is 2.99. The SMILES string of the molecule is COC(=O)Cc1cn(CC(=O)Nc2ccc(C(=N)N)cc2)c2ccccc12. The molecule has 3 aromatic rings. The molecule has 3 rings (SSSR count). The highest BCUT2D eigenvalue weighted by atomic mass is 16.5. The number of anilines is 1. The van der Waals surface area contributed by atoms with Gasteiger partial charge in [-0.2, -0.15) is 0 Å². The van der Waals surface area contributed by atoms with Gasteiger partial charge in [0.25, 0.3) is 0 Å². The van der Waals surface area contributed by atoms with Gasteiger partial charge in [0.15, 0.2) is 0 Å². The molecule has 2 aromatic carbocycles. The fraction of sp³-hybridized carbons (Fsp3) is 0.150. The van der Waals surface area contributed by atoms with Gasteiger partial charge < -0.3 is 20.4 Å². The first-order valence-corrected chi connectivity index (χ1v) is 8.36. The Bertz CT molecular complexity index is 1010. The molecule has 0 unspecified atom stereocenters. The standard InChI is InChI=1S/C20H20N4O3/c1-27-19(26)10-14-11-24(17-5-3-2-4-16(14)17)12-18(25)23-15-8-6-13(7-9-15)20(21)22/h2-9,11H,10,12H2,1H3,(H3,21,22)(H,23,25). The van der Waals surface area contributed by atoms with Crippen molar-refractivity contribution in [1.82, 2.24) is 4.57 Å². The summed E-state index contributed by atoms with van der Waals surface area (Å²) in [5.41, 5.74) is 8.33. The molecule has 1 heterocycles. The summed E-state index contributed by atoms with van der Waals surface area (Å²) in [5, 5.41) is 11.1. The predicted molar refractivity (Wildman–Crippen MR) is 104 cm³/mol. The first-order valence-electron chi connectivity index (χ1n) is 8.36. The summed E-state index contributed by atoms with van der Waals surface area (Å²) in [7, 11) is 1.35. The van der Waals surface area contributed by atoms with E-state index in [2.05, 4.69) is 5.32 Å². The van der Waals surface area contributed by atoms with Gasteiger partial charge in [0.1, 0.15) is 12.4 Å². The van der Waals surface area contributed by atoms with Crippen molar-refractivity contribution in [1.29, 1.82) is 5.41 Å². The molecule has 0 radical (unpaired) electrons. The van der Waals surface area contributed by atoms with Crippen molar-refractivity contribution in [3.8, 4) is 0 Å². The molecule has 0 bridgehead atoms. The third-order valence-corrected chi connectivity index (χ3v) is 4.23. The Morgan fingerprint density at radius 1 is 1.15 bits per heavy atom. The van der Waals surface area contributed by atoms with E-state index in [0.717, 1.165) is 16.5 Å².